The molecule has 1 aromatic heterocycles. The third-order valence-electron chi connectivity index (χ3n) is 4.65. The van der Waals surface area contributed by atoms with Crippen molar-refractivity contribution in [1.29, 1.82) is 0 Å². The third kappa shape index (κ3) is 4.16. The van der Waals surface area contributed by atoms with Gasteiger partial charge in [-0.2, -0.15) is 0 Å². The molecule has 1 aromatic carbocycles. The van der Waals surface area contributed by atoms with Crippen LogP contribution in [0.3, 0.4) is 0 Å². The van der Waals surface area contributed by atoms with Crippen LogP contribution in [0.1, 0.15) is 31.3 Å². The molecule has 2 aromatic rings. The van der Waals surface area contributed by atoms with Crippen molar-refractivity contribution in [3.05, 3.63) is 53.9 Å². The summed E-state index contributed by atoms with van der Waals surface area (Å²) in [7, 11) is 0. The molecule has 3 rings (SSSR count). The van der Waals surface area contributed by atoms with Crippen LogP contribution in [0.4, 0.5) is 4.39 Å². The fraction of sp³-hybridized carbons (Fsp3) is 0.421. The van der Waals surface area contributed by atoms with Crippen LogP contribution >= 0.6 is 0 Å². The van der Waals surface area contributed by atoms with Crippen LogP contribution in [0.25, 0.3) is 0 Å². The van der Waals surface area contributed by atoms with E-state index in [2.05, 4.69) is 14.9 Å². The van der Waals surface area contributed by atoms with Gasteiger partial charge >= 0.3 is 5.97 Å². The maximum Gasteiger partial charge on any atom is 0.348 e. The molecule has 0 aliphatic carbocycles. The van der Waals surface area contributed by atoms with Crippen molar-refractivity contribution < 1.29 is 19.0 Å². The summed E-state index contributed by atoms with van der Waals surface area (Å²) in [6, 6.07) is 7.33. The fourth-order valence-electron chi connectivity index (χ4n) is 3.09. The zero-order chi connectivity index (χ0) is 18.6. The van der Waals surface area contributed by atoms with E-state index in [1.165, 1.54) is 24.3 Å². The Kier molecular flexibility index (Phi) is 5.46. The van der Waals surface area contributed by atoms with Crippen molar-refractivity contribution in [2.45, 2.75) is 38.3 Å². The second-order valence-corrected chi connectivity index (χ2v) is 6.45. The highest BCUT2D eigenvalue weighted by Gasteiger charge is 2.44. The molecule has 1 aliphatic heterocycles. The van der Waals surface area contributed by atoms with Crippen LogP contribution in [0, 0.1) is 5.82 Å². The number of aromatic nitrogens is 2. The fourth-order valence-corrected chi connectivity index (χ4v) is 3.09. The molecular formula is C19H22FN3O3. The summed E-state index contributed by atoms with van der Waals surface area (Å²) >= 11 is 0. The molecule has 1 saturated heterocycles. The van der Waals surface area contributed by atoms with Gasteiger partial charge in [0.2, 0.25) is 5.60 Å². The summed E-state index contributed by atoms with van der Waals surface area (Å²) in [6.45, 7) is 3.83. The van der Waals surface area contributed by atoms with Gasteiger partial charge in [-0.25, -0.2) is 19.2 Å². The lowest BCUT2D eigenvalue weighted by atomic mass is 9.91. The smallest absolute Gasteiger partial charge is 0.348 e. The van der Waals surface area contributed by atoms with Crippen LogP contribution in [0.5, 0.6) is 5.75 Å². The SMILES string of the molecule is CCc1nccc(CN2CCC(Oc3ccc(F)cc3)(C(=O)O)CC2)n1. The first-order chi connectivity index (χ1) is 12.5. The van der Waals surface area contributed by atoms with E-state index in [0.29, 0.717) is 38.2 Å². The molecule has 6 nitrogen and oxygen atoms in total. The van der Waals surface area contributed by atoms with Gasteiger partial charge in [0.05, 0.1) is 5.69 Å². The Hall–Kier alpha value is -2.54. The number of halogens is 1. The molecule has 0 saturated carbocycles. The average Bonchev–Trinajstić information content (AvgIpc) is 2.65. The highest BCUT2D eigenvalue weighted by atomic mass is 19.1. The Morgan fingerprint density at radius 1 is 1.27 bits per heavy atom. The number of nitrogens with zero attached hydrogens (tertiary/aromatic N) is 3. The molecule has 0 amide bonds. The van der Waals surface area contributed by atoms with Crippen LogP contribution in [-0.4, -0.2) is 44.6 Å². The Morgan fingerprint density at radius 3 is 2.58 bits per heavy atom. The van der Waals surface area contributed by atoms with Crippen LogP contribution < -0.4 is 4.74 Å². The summed E-state index contributed by atoms with van der Waals surface area (Å²) in [5.41, 5.74) is -0.353. The third-order valence-corrected chi connectivity index (χ3v) is 4.65. The molecule has 7 heteroatoms. The summed E-state index contributed by atoms with van der Waals surface area (Å²) in [4.78, 5) is 22.7. The molecule has 1 aliphatic rings. The molecule has 0 atom stereocenters. The lowest BCUT2D eigenvalue weighted by Crippen LogP contribution is -2.53. The largest absolute Gasteiger partial charge is 0.478 e. The van der Waals surface area contributed by atoms with Crippen LogP contribution in [-0.2, 0) is 17.8 Å². The highest BCUT2D eigenvalue weighted by molar-refractivity contribution is 5.78. The monoisotopic (exact) mass is 359 g/mol. The van der Waals surface area contributed by atoms with Crippen molar-refractivity contribution >= 4 is 5.97 Å². The Bertz CT molecular complexity index is 759. The van der Waals surface area contributed by atoms with E-state index < -0.39 is 11.6 Å². The van der Waals surface area contributed by atoms with E-state index in [0.717, 1.165) is 17.9 Å². The van der Waals surface area contributed by atoms with E-state index in [1.54, 1.807) is 6.20 Å². The first kappa shape index (κ1) is 18.3. The number of aliphatic carboxylic acids is 1. The first-order valence-corrected chi connectivity index (χ1v) is 8.72. The van der Waals surface area contributed by atoms with Gasteiger partial charge in [0.1, 0.15) is 17.4 Å². The van der Waals surface area contributed by atoms with E-state index >= 15 is 0 Å². The molecule has 138 valence electrons. The predicted molar refractivity (Wildman–Crippen MR) is 93.3 cm³/mol. The van der Waals surface area contributed by atoms with Crippen LogP contribution in [0.2, 0.25) is 0 Å². The summed E-state index contributed by atoms with van der Waals surface area (Å²) in [5, 5.41) is 9.71. The molecule has 1 fully saturated rings. The van der Waals surface area contributed by atoms with Crippen molar-refractivity contribution in [2.75, 3.05) is 13.1 Å². The van der Waals surface area contributed by atoms with Crippen LogP contribution in [0.15, 0.2) is 36.5 Å². The number of hydrogen-bond donors (Lipinski definition) is 1. The van der Waals surface area contributed by atoms with Gasteiger partial charge in [0.25, 0.3) is 0 Å². The Labute approximate surface area is 151 Å². The normalized spacial score (nSPS) is 17.0. The van der Waals surface area contributed by atoms with E-state index in [9.17, 15) is 14.3 Å². The van der Waals surface area contributed by atoms with E-state index in [4.69, 9.17) is 4.74 Å². The lowest BCUT2D eigenvalue weighted by molar-refractivity contribution is -0.159. The maximum absolute atomic E-state index is 13.0. The molecule has 0 radical (unpaired) electrons. The zero-order valence-electron chi connectivity index (χ0n) is 14.7. The van der Waals surface area contributed by atoms with Gasteiger partial charge in [-0.3, -0.25) is 4.90 Å². The Balaban J connectivity index is 1.65. The lowest BCUT2D eigenvalue weighted by Gasteiger charge is -2.38. The zero-order valence-corrected chi connectivity index (χ0v) is 14.7. The summed E-state index contributed by atoms with van der Waals surface area (Å²) < 4.78 is 18.8. The standard InChI is InChI=1S/C19H22FN3O3/c1-2-17-21-10-7-15(22-17)13-23-11-8-19(9-12-23,18(24)25)26-16-5-3-14(20)4-6-16/h3-7,10H,2,8-9,11-13H2,1H3,(H,24,25). The Morgan fingerprint density at radius 2 is 1.96 bits per heavy atom. The van der Waals surface area contributed by atoms with Gasteiger partial charge < -0.3 is 9.84 Å². The average molecular weight is 359 g/mol. The molecule has 0 spiro atoms. The molecule has 1 N–H and O–H groups in total. The molecule has 0 bridgehead atoms. The van der Waals surface area contributed by atoms with E-state index in [1.807, 2.05) is 13.0 Å². The number of piperidine rings is 1. The number of carboxylic acids is 1. The quantitative estimate of drug-likeness (QED) is 0.855. The summed E-state index contributed by atoms with van der Waals surface area (Å²) in [6.07, 6.45) is 3.24. The van der Waals surface area contributed by atoms with Gasteiger partial charge in [0, 0.05) is 45.1 Å². The molecule has 2 heterocycles. The number of ether oxygens (including phenoxy) is 1. The number of likely N-dealkylation sites (tertiary alicyclic amines) is 1. The first-order valence-electron chi connectivity index (χ1n) is 8.72. The van der Waals surface area contributed by atoms with Gasteiger partial charge in [-0.05, 0) is 30.3 Å². The number of carboxylic acid groups (broad SMARTS) is 1. The molecular weight excluding hydrogens is 337 g/mol. The minimum Gasteiger partial charge on any atom is -0.478 e. The minimum absolute atomic E-state index is 0.353. The van der Waals surface area contributed by atoms with Gasteiger partial charge in [0.15, 0.2) is 0 Å². The van der Waals surface area contributed by atoms with E-state index in [-0.39, 0.29) is 5.82 Å². The number of carbonyl (C=O) groups is 1. The van der Waals surface area contributed by atoms with Crippen molar-refractivity contribution in [3.8, 4) is 5.75 Å². The number of benzene rings is 1. The predicted octanol–water partition coefficient (Wildman–Crippen LogP) is 2.68. The van der Waals surface area contributed by atoms with Gasteiger partial charge in [-0.1, -0.05) is 6.92 Å². The minimum atomic E-state index is -1.28. The number of aryl methyl sites for hydroxylation is 1. The number of rotatable bonds is 6. The maximum atomic E-state index is 13.0. The molecule has 26 heavy (non-hydrogen) atoms. The van der Waals surface area contributed by atoms with Crippen molar-refractivity contribution in [3.63, 3.8) is 0 Å². The molecule has 0 unspecified atom stereocenters. The second-order valence-electron chi connectivity index (χ2n) is 6.45. The highest BCUT2D eigenvalue weighted by Crippen LogP contribution is 2.30. The summed E-state index contributed by atoms with van der Waals surface area (Å²) in [5.74, 6) is -0.200. The van der Waals surface area contributed by atoms with Gasteiger partial charge in [-0.15, -0.1) is 0 Å². The van der Waals surface area contributed by atoms with Crippen molar-refractivity contribution in [1.82, 2.24) is 14.9 Å². The second kappa shape index (κ2) is 7.78. The topological polar surface area (TPSA) is 75.6 Å². The number of hydrogen-bond acceptors (Lipinski definition) is 5. The van der Waals surface area contributed by atoms with Crippen molar-refractivity contribution in [2.24, 2.45) is 0 Å².